The van der Waals surface area contributed by atoms with Crippen molar-refractivity contribution in [2.24, 2.45) is 0 Å². The van der Waals surface area contributed by atoms with Gasteiger partial charge in [0.25, 0.3) is 0 Å². The van der Waals surface area contributed by atoms with Crippen LogP contribution in [0.25, 0.3) is 0 Å². The summed E-state index contributed by atoms with van der Waals surface area (Å²) in [6, 6.07) is 4.96. The summed E-state index contributed by atoms with van der Waals surface area (Å²) in [5.74, 6) is -0.0963. The van der Waals surface area contributed by atoms with Crippen molar-refractivity contribution in [2.45, 2.75) is 18.9 Å². The van der Waals surface area contributed by atoms with E-state index < -0.39 is 6.10 Å². The molecule has 1 atom stereocenters. The van der Waals surface area contributed by atoms with Gasteiger partial charge in [0.2, 0.25) is 5.91 Å². The van der Waals surface area contributed by atoms with Crippen LogP contribution in [0, 0.1) is 0 Å². The number of nitrogen functional groups attached to an aromatic ring is 1. The van der Waals surface area contributed by atoms with Gasteiger partial charge in [-0.05, 0) is 24.1 Å². The predicted octanol–water partition coefficient (Wildman–Crippen LogP) is 1.48. The molecule has 0 aliphatic carbocycles. The Balaban J connectivity index is 2.62. The molecule has 0 bridgehead atoms. The molecule has 4 N–H and O–H groups in total. The highest BCUT2D eigenvalue weighted by Gasteiger charge is 2.10. The van der Waals surface area contributed by atoms with E-state index in [0.717, 1.165) is 0 Å². The minimum absolute atomic E-state index is 0.0963. The van der Waals surface area contributed by atoms with Crippen LogP contribution in [0.4, 0.5) is 5.69 Å². The number of nitrogens with two attached hydrogens (primary N) is 1. The van der Waals surface area contributed by atoms with E-state index >= 15 is 0 Å². The fourth-order valence-corrected chi connectivity index (χ4v) is 1.45. The molecule has 0 saturated heterocycles. The zero-order valence-electron chi connectivity index (χ0n) is 9.03. The summed E-state index contributed by atoms with van der Waals surface area (Å²) in [6.07, 6.45) is -0.0575. The van der Waals surface area contributed by atoms with Gasteiger partial charge in [-0.3, -0.25) is 4.79 Å². The van der Waals surface area contributed by atoms with Crippen molar-refractivity contribution in [3.05, 3.63) is 28.8 Å². The van der Waals surface area contributed by atoms with E-state index in [1.807, 2.05) is 0 Å². The van der Waals surface area contributed by atoms with E-state index in [4.69, 9.17) is 17.3 Å². The Hall–Kier alpha value is -1.26. The summed E-state index contributed by atoms with van der Waals surface area (Å²) in [6.45, 7) is 0. The van der Waals surface area contributed by atoms with Crippen molar-refractivity contribution >= 4 is 23.2 Å². The third kappa shape index (κ3) is 3.40. The molecule has 1 rings (SSSR count). The lowest BCUT2D eigenvalue weighted by Gasteiger charge is -2.11. The van der Waals surface area contributed by atoms with Crippen LogP contribution >= 0.6 is 11.6 Å². The number of rotatable bonds is 4. The van der Waals surface area contributed by atoms with Crippen LogP contribution in [0.1, 0.15) is 24.5 Å². The number of carbonyl (C=O) groups excluding carboxylic acids is 1. The number of hydrogen-bond donors (Lipinski definition) is 3. The lowest BCUT2D eigenvalue weighted by Crippen LogP contribution is -2.18. The van der Waals surface area contributed by atoms with Gasteiger partial charge in [0.15, 0.2) is 0 Å². The molecular weight excluding hydrogens is 228 g/mol. The Morgan fingerprint density at radius 3 is 2.88 bits per heavy atom. The van der Waals surface area contributed by atoms with Crippen LogP contribution in [-0.4, -0.2) is 18.1 Å². The summed E-state index contributed by atoms with van der Waals surface area (Å²) in [7, 11) is 1.56. The van der Waals surface area contributed by atoms with Gasteiger partial charge in [-0.1, -0.05) is 17.7 Å². The average Bonchev–Trinajstić information content (AvgIpc) is 2.29. The van der Waals surface area contributed by atoms with Crippen molar-refractivity contribution in [2.75, 3.05) is 12.8 Å². The second kappa shape index (κ2) is 5.72. The van der Waals surface area contributed by atoms with E-state index in [1.165, 1.54) is 0 Å². The summed E-state index contributed by atoms with van der Waals surface area (Å²) in [4.78, 5) is 11.0. The monoisotopic (exact) mass is 242 g/mol. The van der Waals surface area contributed by atoms with Crippen LogP contribution in [-0.2, 0) is 4.79 Å². The van der Waals surface area contributed by atoms with Crippen LogP contribution < -0.4 is 11.1 Å². The molecule has 0 aliphatic heterocycles. The Morgan fingerprint density at radius 1 is 1.62 bits per heavy atom. The van der Waals surface area contributed by atoms with Crippen molar-refractivity contribution in [1.29, 1.82) is 0 Å². The molecule has 0 heterocycles. The number of anilines is 1. The molecule has 0 radical (unpaired) electrons. The fourth-order valence-electron chi connectivity index (χ4n) is 1.33. The number of benzene rings is 1. The number of nitrogens with one attached hydrogen (secondary N) is 1. The van der Waals surface area contributed by atoms with Crippen LogP contribution in [0.5, 0.6) is 0 Å². The highest BCUT2D eigenvalue weighted by Crippen LogP contribution is 2.25. The maximum atomic E-state index is 11.0. The minimum atomic E-state index is -0.697. The Kier molecular flexibility index (Phi) is 4.58. The van der Waals surface area contributed by atoms with E-state index in [9.17, 15) is 9.90 Å². The summed E-state index contributed by atoms with van der Waals surface area (Å²) < 4.78 is 0. The molecule has 0 saturated carbocycles. The number of carbonyl (C=O) groups is 1. The average molecular weight is 243 g/mol. The summed E-state index contributed by atoms with van der Waals surface area (Å²) in [5.41, 5.74) is 6.72. The number of aliphatic hydroxyl groups is 1. The van der Waals surface area contributed by atoms with Gasteiger partial charge in [0.1, 0.15) is 0 Å². The molecule has 0 aromatic heterocycles. The van der Waals surface area contributed by atoms with E-state index in [0.29, 0.717) is 22.7 Å². The Labute approximate surface area is 99.4 Å². The highest BCUT2D eigenvalue weighted by molar-refractivity contribution is 6.33. The molecule has 0 fully saturated rings. The third-order valence-electron chi connectivity index (χ3n) is 2.33. The second-order valence-electron chi connectivity index (χ2n) is 3.51. The quantitative estimate of drug-likeness (QED) is 0.700. The molecule has 0 aliphatic rings. The summed E-state index contributed by atoms with van der Waals surface area (Å²) in [5, 5.41) is 12.8. The van der Waals surface area contributed by atoms with Gasteiger partial charge in [0, 0.05) is 13.5 Å². The van der Waals surface area contributed by atoms with Gasteiger partial charge >= 0.3 is 0 Å². The highest BCUT2D eigenvalue weighted by atomic mass is 35.5. The Morgan fingerprint density at radius 2 is 2.31 bits per heavy atom. The lowest BCUT2D eigenvalue weighted by atomic mass is 10.0. The van der Waals surface area contributed by atoms with Crippen molar-refractivity contribution < 1.29 is 9.90 Å². The van der Waals surface area contributed by atoms with Gasteiger partial charge in [0.05, 0.1) is 16.8 Å². The normalized spacial score (nSPS) is 12.2. The molecule has 88 valence electrons. The Bertz CT molecular complexity index is 382. The number of amides is 1. The minimum Gasteiger partial charge on any atom is -0.398 e. The first-order valence-electron chi connectivity index (χ1n) is 4.98. The maximum Gasteiger partial charge on any atom is 0.219 e. The first kappa shape index (κ1) is 12.8. The lowest BCUT2D eigenvalue weighted by molar-refractivity contribution is -0.121. The maximum absolute atomic E-state index is 11.0. The molecule has 16 heavy (non-hydrogen) atoms. The smallest absolute Gasteiger partial charge is 0.219 e. The number of halogens is 1. The molecule has 1 amide bonds. The van der Waals surface area contributed by atoms with E-state index in [1.54, 1.807) is 25.2 Å². The van der Waals surface area contributed by atoms with Crippen LogP contribution in [0.15, 0.2) is 18.2 Å². The van der Waals surface area contributed by atoms with Crippen molar-refractivity contribution in [3.63, 3.8) is 0 Å². The van der Waals surface area contributed by atoms with Crippen molar-refractivity contribution in [1.82, 2.24) is 5.32 Å². The standard InChI is InChI=1S/C11H15ClN2O2/c1-14-11(16)5-4-10(15)7-2-3-8(12)9(13)6-7/h2-3,6,10,15H,4-5,13H2,1H3,(H,14,16). The van der Waals surface area contributed by atoms with Crippen molar-refractivity contribution in [3.8, 4) is 0 Å². The zero-order valence-corrected chi connectivity index (χ0v) is 9.79. The molecule has 1 aromatic rings. The fraction of sp³-hybridized carbons (Fsp3) is 0.364. The number of hydrogen-bond acceptors (Lipinski definition) is 3. The van der Waals surface area contributed by atoms with Gasteiger partial charge in [-0.25, -0.2) is 0 Å². The molecule has 1 aromatic carbocycles. The molecular formula is C11H15ClN2O2. The predicted molar refractivity (Wildman–Crippen MR) is 64.1 cm³/mol. The largest absolute Gasteiger partial charge is 0.398 e. The molecule has 0 spiro atoms. The zero-order chi connectivity index (χ0) is 12.1. The molecule has 5 heteroatoms. The molecule has 1 unspecified atom stereocenters. The molecule has 4 nitrogen and oxygen atoms in total. The van der Waals surface area contributed by atoms with E-state index in [2.05, 4.69) is 5.32 Å². The van der Waals surface area contributed by atoms with Crippen LogP contribution in [0.3, 0.4) is 0 Å². The first-order valence-corrected chi connectivity index (χ1v) is 5.36. The van der Waals surface area contributed by atoms with Gasteiger partial charge < -0.3 is 16.2 Å². The second-order valence-corrected chi connectivity index (χ2v) is 3.92. The number of aliphatic hydroxyl groups excluding tert-OH is 1. The summed E-state index contributed by atoms with van der Waals surface area (Å²) >= 11 is 5.76. The van der Waals surface area contributed by atoms with E-state index in [-0.39, 0.29) is 12.3 Å². The SMILES string of the molecule is CNC(=O)CCC(O)c1ccc(Cl)c(N)c1. The topological polar surface area (TPSA) is 75.3 Å². The first-order chi connectivity index (χ1) is 7.54. The van der Waals surface area contributed by atoms with Crippen LogP contribution in [0.2, 0.25) is 5.02 Å². The van der Waals surface area contributed by atoms with Gasteiger partial charge in [-0.2, -0.15) is 0 Å². The third-order valence-corrected chi connectivity index (χ3v) is 2.67. The van der Waals surface area contributed by atoms with Gasteiger partial charge in [-0.15, -0.1) is 0 Å².